The SMILES string of the molecule is Cc1nnnn1CCC(=O)N[C@@H](c1nccn1C)C(C)C. The zero-order chi connectivity index (χ0) is 15.4. The molecule has 0 aliphatic rings. The van der Waals surface area contributed by atoms with Crippen LogP contribution >= 0.6 is 0 Å². The van der Waals surface area contributed by atoms with Gasteiger partial charge < -0.3 is 9.88 Å². The number of carbonyl (C=O) groups is 1. The molecule has 0 saturated carbocycles. The minimum Gasteiger partial charge on any atom is -0.346 e. The molecule has 1 amide bonds. The Labute approximate surface area is 123 Å². The maximum atomic E-state index is 12.1. The van der Waals surface area contributed by atoms with Crippen molar-refractivity contribution in [3.8, 4) is 0 Å². The Hall–Kier alpha value is -2.25. The lowest BCUT2D eigenvalue weighted by atomic mass is 10.0. The molecule has 0 saturated heterocycles. The molecule has 0 fully saturated rings. The van der Waals surface area contributed by atoms with Crippen molar-refractivity contribution in [2.45, 2.75) is 39.8 Å². The highest BCUT2D eigenvalue weighted by molar-refractivity contribution is 5.76. The molecule has 0 bridgehead atoms. The monoisotopic (exact) mass is 291 g/mol. The molecular formula is C13H21N7O. The maximum absolute atomic E-state index is 12.1. The van der Waals surface area contributed by atoms with Crippen LogP contribution in [0.3, 0.4) is 0 Å². The van der Waals surface area contributed by atoms with Gasteiger partial charge in [-0.15, -0.1) is 5.10 Å². The van der Waals surface area contributed by atoms with Gasteiger partial charge in [-0.3, -0.25) is 4.79 Å². The molecule has 21 heavy (non-hydrogen) atoms. The fourth-order valence-electron chi connectivity index (χ4n) is 2.12. The summed E-state index contributed by atoms with van der Waals surface area (Å²) in [4.78, 5) is 16.5. The van der Waals surface area contributed by atoms with Gasteiger partial charge in [0.2, 0.25) is 5.91 Å². The van der Waals surface area contributed by atoms with Gasteiger partial charge in [0.1, 0.15) is 11.6 Å². The van der Waals surface area contributed by atoms with Gasteiger partial charge >= 0.3 is 0 Å². The molecule has 0 unspecified atom stereocenters. The number of nitrogens with one attached hydrogen (secondary N) is 1. The van der Waals surface area contributed by atoms with Gasteiger partial charge in [-0.1, -0.05) is 13.8 Å². The van der Waals surface area contributed by atoms with E-state index in [1.54, 1.807) is 10.9 Å². The third kappa shape index (κ3) is 3.65. The van der Waals surface area contributed by atoms with Crippen LogP contribution in [0.4, 0.5) is 0 Å². The summed E-state index contributed by atoms with van der Waals surface area (Å²) in [7, 11) is 1.92. The highest BCUT2D eigenvalue weighted by atomic mass is 16.1. The molecule has 2 heterocycles. The van der Waals surface area contributed by atoms with Gasteiger partial charge in [-0.25, -0.2) is 9.67 Å². The summed E-state index contributed by atoms with van der Waals surface area (Å²) in [5.74, 6) is 1.78. The van der Waals surface area contributed by atoms with Crippen LogP contribution in [0.15, 0.2) is 12.4 Å². The molecule has 2 aromatic rings. The molecular weight excluding hydrogens is 270 g/mol. The van der Waals surface area contributed by atoms with E-state index in [0.29, 0.717) is 18.8 Å². The first kappa shape index (κ1) is 15.1. The number of carbonyl (C=O) groups excluding carboxylic acids is 1. The second-order valence-corrected chi connectivity index (χ2v) is 5.38. The van der Waals surface area contributed by atoms with E-state index < -0.39 is 0 Å². The van der Waals surface area contributed by atoms with Gasteiger partial charge in [0.05, 0.1) is 12.6 Å². The van der Waals surface area contributed by atoms with Crippen molar-refractivity contribution in [3.63, 3.8) is 0 Å². The molecule has 0 radical (unpaired) electrons. The molecule has 114 valence electrons. The Morgan fingerprint density at radius 3 is 2.71 bits per heavy atom. The zero-order valence-electron chi connectivity index (χ0n) is 12.8. The molecule has 0 aliphatic heterocycles. The molecule has 8 nitrogen and oxygen atoms in total. The van der Waals surface area contributed by atoms with E-state index in [-0.39, 0.29) is 17.9 Å². The normalized spacial score (nSPS) is 12.6. The average molecular weight is 291 g/mol. The lowest BCUT2D eigenvalue weighted by Crippen LogP contribution is -2.34. The van der Waals surface area contributed by atoms with Gasteiger partial charge in [0, 0.05) is 25.9 Å². The first-order chi connectivity index (χ1) is 9.99. The highest BCUT2D eigenvalue weighted by Crippen LogP contribution is 2.19. The standard InChI is InChI=1S/C13H21N7O/c1-9(2)12(13-14-6-8-19(13)4)15-11(21)5-7-20-10(3)16-17-18-20/h6,8-9,12H,5,7H2,1-4H3,(H,15,21)/t12-/m1/s1. The van der Waals surface area contributed by atoms with Crippen LogP contribution in [0.2, 0.25) is 0 Å². The Kier molecular flexibility index (Phi) is 4.66. The Balaban J connectivity index is 1.96. The van der Waals surface area contributed by atoms with Crippen LogP contribution in [-0.2, 0) is 18.4 Å². The summed E-state index contributed by atoms with van der Waals surface area (Å²) in [6.07, 6.45) is 3.95. The van der Waals surface area contributed by atoms with E-state index in [4.69, 9.17) is 0 Å². The Morgan fingerprint density at radius 2 is 2.19 bits per heavy atom. The molecule has 0 aromatic carbocycles. The summed E-state index contributed by atoms with van der Waals surface area (Å²) in [5.41, 5.74) is 0. The van der Waals surface area contributed by atoms with Gasteiger partial charge in [0.25, 0.3) is 0 Å². The summed E-state index contributed by atoms with van der Waals surface area (Å²) in [5, 5.41) is 14.2. The summed E-state index contributed by atoms with van der Waals surface area (Å²) >= 11 is 0. The fraction of sp³-hybridized carbons (Fsp3) is 0.615. The molecule has 0 spiro atoms. The highest BCUT2D eigenvalue weighted by Gasteiger charge is 2.21. The number of nitrogens with zero attached hydrogens (tertiary/aromatic N) is 6. The van der Waals surface area contributed by atoms with Gasteiger partial charge in [-0.05, 0) is 23.3 Å². The van der Waals surface area contributed by atoms with E-state index in [1.165, 1.54) is 0 Å². The largest absolute Gasteiger partial charge is 0.346 e. The number of rotatable bonds is 6. The van der Waals surface area contributed by atoms with E-state index >= 15 is 0 Å². The average Bonchev–Trinajstić information content (AvgIpc) is 3.02. The number of aromatic nitrogens is 6. The molecule has 1 N–H and O–H groups in total. The summed E-state index contributed by atoms with van der Waals surface area (Å²) < 4.78 is 3.54. The maximum Gasteiger partial charge on any atom is 0.222 e. The number of amides is 1. The Bertz CT molecular complexity index is 601. The topological polar surface area (TPSA) is 90.5 Å². The Morgan fingerprint density at radius 1 is 1.43 bits per heavy atom. The van der Waals surface area contributed by atoms with Crippen molar-refractivity contribution in [1.29, 1.82) is 0 Å². The second-order valence-electron chi connectivity index (χ2n) is 5.38. The number of aryl methyl sites for hydroxylation is 3. The lowest BCUT2D eigenvalue weighted by Gasteiger charge is -2.22. The zero-order valence-corrected chi connectivity index (χ0v) is 12.8. The van der Waals surface area contributed by atoms with Crippen LogP contribution < -0.4 is 5.32 Å². The number of hydrogen-bond donors (Lipinski definition) is 1. The van der Waals surface area contributed by atoms with E-state index in [2.05, 4.69) is 39.7 Å². The first-order valence-electron chi connectivity index (χ1n) is 6.98. The summed E-state index contributed by atoms with van der Waals surface area (Å²) in [6.45, 7) is 6.40. The first-order valence-corrected chi connectivity index (χ1v) is 6.98. The van der Waals surface area contributed by atoms with Crippen LogP contribution in [0.5, 0.6) is 0 Å². The van der Waals surface area contributed by atoms with E-state index in [1.807, 2.05) is 24.7 Å². The number of imidazole rings is 1. The number of tetrazole rings is 1. The fourth-order valence-corrected chi connectivity index (χ4v) is 2.12. The van der Waals surface area contributed by atoms with Crippen LogP contribution in [0.1, 0.15) is 38.0 Å². The predicted molar refractivity (Wildman–Crippen MR) is 76.1 cm³/mol. The molecule has 0 aliphatic carbocycles. The molecule has 8 heteroatoms. The second kappa shape index (κ2) is 6.47. The van der Waals surface area contributed by atoms with Crippen LogP contribution in [-0.4, -0.2) is 35.7 Å². The van der Waals surface area contributed by atoms with Crippen molar-refractivity contribution >= 4 is 5.91 Å². The third-order valence-corrected chi connectivity index (χ3v) is 3.38. The van der Waals surface area contributed by atoms with Crippen molar-refractivity contribution in [1.82, 2.24) is 35.1 Å². The van der Waals surface area contributed by atoms with Crippen molar-refractivity contribution in [2.75, 3.05) is 0 Å². The lowest BCUT2D eigenvalue weighted by molar-refractivity contribution is -0.122. The van der Waals surface area contributed by atoms with E-state index in [9.17, 15) is 4.79 Å². The molecule has 1 atom stereocenters. The quantitative estimate of drug-likeness (QED) is 0.842. The molecule has 2 rings (SSSR count). The molecule has 2 aromatic heterocycles. The minimum absolute atomic E-state index is 0.0356. The number of hydrogen-bond acceptors (Lipinski definition) is 5. The van der Waals surface area contributed by atoms with Gasteiger partial charge in [0.15, 0.2) is 0 Å². The van der Waals surface area contributed by atoms with Crippen molar-refractivity contribution < 1.29 is 4.79 Å². The van der Waals surface area contributed by atoms with Gasteiger partial charge in [-0.2, -0.15) is 0 Å². The summed E-state index contributed by atoms with van der Waals surface area (Å²) in [6, 6.07) is -0.104. The van der Waals surface area contributed by atoms with Crippen LogP contribution in [0, 0.1) is 12.8 Å². The van der Waals surface area contributed by atoms with Crippen LogP contribution in [0.25, 0.3) is 0 Å². The third-order valence-electron chi connectivity index (χ3n) is 3.38. The van der Waals surface area contributed by atoms with Crippen molar-refractivity contribution in [2.24, 2.45) is 13.0 Å². The van der Waals surface area contributed by atoms with Crippen molar-refractivity contribution in [3.05, 3.63) is 24.0 Å². The van der Waals surface area contributed by atoms with E-state index in [0.717, 1.165) is 5.82 Å². The predicted octanol–water partition coefficient (Wildman–Crippen LogP) is 0.619. The minimum atomic E-state index is -0.104. The smallest absolute Gasteiger partial charge is 0.222 e.